The smallest absolute Gasteiger partial charge is 0.229 e. The first-order valence-electron chi connectivity index (χ1n) is 8.26. The Hall–Kier alpha value is -1.56. The van der Waals surface area contributed by atoms with E-state index in [1.807, 2.05) is 18.2 Å². The average Bonchev–Trinajstić information content (AvgIpc) is 2.82. The second kappa shape index (κ2) is 4.97. The van der Waals surface area contributed by atoms with Gasteiger partial charge in [0.05, 0.1) is 17.4 Å². The number of fused-ring (bicyclic) bond motifs is 1. The summed E-state index contributed by atoms with van der Waals surface area (Å²) in [6.45, 7) is 3.73. The minimum atomic E-state index is -2.79. The number of benzene rings is 1. The Kier molecular flexibility index (Phi) is 3.24. The zero-order chi connectivity index (χ0) is 16.2. The van der Waals surface area contributed by atoms with Gasteiger partial charge in [-0.1, -0.05) is 18.2 Å². The highest BCUT2D eigenvalue weighted by atomic mass is 32.2. The van der Waals surface area contributed by atoms with E-state index in [0.717, 1.165) is 37.2 Å². The number of hydrogen-bond acceptors (Lipinski definition) is 4. The molecule has 5 nitrogen and oxygen atoms in total. The summed E-state index contributed by atoms with van der Waals surface area (Å²) in [5, 5.41) is 3.13. The van der Waals surface area contributed by atoms with Crippen LogP contribution in [-0.2, 0) is 14.6 Å². The lowest BCUT2D eigenvalue weighted by Gasteiger charge is -2.53. The summed E-state index contributed by atoms with van der Waals surface area (Å²) in [5.41, 5.74) is 2.23. The van der Waals surface area contributed by atoms with Gasteiger partial charge in [0, 0.05) is 30.2 Å². The van der Waals surface area contributed by atoms with E-state index in [1.165, 1.54) is 0 Å². The van der Waals surface area contributed by atoms with Crippen molar-refractivity contribution in [2.75, 3.05) is 29.5 Å². The molecule has 6 heteroatoms. The number of carbonyl (C=O) groups is 1. The molecular formula is C17H22N2O3S. The van der Waals surface area contributed by atoms with E-state index < -0.39 is 9.84 Å². The lowest BCUT2D eigenvalue weighted by atomic mass is 9.67. The molecule has 1 unspecified atom stereocenters. The molecule has 2 aliphatic heterocycles. The molecule has 1 saturated carbocycles. The molecule has 3 aliphatic rings. The summed E-state index contributed by atoms with van der Waals surface area (Å²) < 4.78 is 22.7. The van der Waals surface area contributed by atoms with Gasteiger partial charge in [0.2, 0.25) is 5.91 Å². The zero-order valence-electron chi connectivity index (χ0n) is 13.3. The number of sulfone groups is 1. The molecule has 23 heavy (non-hydrogen) atoms. The van der Waals surface area contributed by atoms with E-state index in [-0.39, 0.29) is 23.3 Å². The van der Waals surface area contributed by atoms with Crippen LogP contribution in [0.3, 0.4) is 0 Å². The highest BCUT2D eigenvalue weighted by Gasteiger charge is 2.56. The van der Waals surface area contributed by atoms with Gasteiger partial charge in [-0.2, -0.15) is 0 Å². The Morgan fingerprint density at radius 3 is 2.65 bits per heavy atom. The van der Waals surface area contributed by atoms with E-state index in [1.54, 1.807) is 0 Å². The standard InChI is InChI=1S/C17H22N2O3S/c1-2-19-9-14(13-5-3-4-6-15(13)19)16(20)18-12-7-17(8-12)10-23(21,22)11-17/h3-6,12,14H,2,7-11H2,1H3,(H,18,20). The van der Waals surface area contributed by atoms with Crippen LogP contribution in [0.5, 0.6) is 0 Å². The Labute approximate surface area is 137 Å². The fourth-order valence-corrected chi connectivity index (χ4v) is 6.78. The van der Waals surface area contributed by atoms with Gasteiger partial charge in [-0.05, 0) is 31.4 Å². The van der Waals surface area contributed by atoms with Crippen LogP contribution in [0, 0.1) is 5.41 Å². The normalized spacial score (nSPS) is 27.2. The highest BCUT2D eigenvalue weighted by molar-refractivity contribution is 7.92. The van der Waals surface area contributed by atoms with Gasteiger partial charge in [0.15, 0.2) is 9.84 Å². The maximum Gasteiger partial charge on any atom is 0.229 e. The molecule has 0 bridgehead atoms. The molecule has 1 aromatic carbocycles. The zero-order valence-corrected chi connectivity index (χ0v) is 14.1. The van der Waals surface area contributed by atoms with E-state index in [9.17, 15) is 13.2 Å². The fourth-order valence-electron chi connectivity index (χ4n) is 4.53. The number of anilines is 1. The van der Waals surface area contributed by atoms with Crippen molar-refractivity contribution in [1.29, 1.82) is 0 Å². The molecule has 124 valence electrons. The van der Waals surface area contributed by atoms with Gasteiger partial charge >= 0.3 is 0 Å². The van der Waals surface area contributed by atoms with Crippen LogP contribution < -0.4 is 10.2 Å². The Morgan fingerprint density at radius 2 is 2.00 bits per heavy atom. The number of para-hydroxylation sites is 1. The van der Waals surface area contributed by atoms with Gasteiger partial charge < -0.3 is 10.2 Å². The quantitative estimate of drug-likeness (QED) is 0.905. The molecule has 1 saturated heterocycles. The molecule has 1 aromatic rings. The average molecular weight is 334 g/mol. The topological polar surface area (TPSA) is 66.5 Å². The van der Waals surface area contributed by atoms with Crippen LogP contribution >= 0.6 is 0 Å². The lowest BCUT2D eigenvalue weighted by molar-refractivity contribution is -0.124. The van der Waals surface area contributed by atoms with E-state index in [0.29, 0.717) is 11.5 Å². The molecule has 1 amide bonds. The fraction of sp³-hybridized carbons (Fsp3) is 0.588. The van der Waals surface area contributed by atoms with Crippen molar-refractivity contribution >= 4 is 21.4 Å². The summed E-state index contributed by atoms with van der Waals surface area (Å²) >= 11 is 0. The summed E-state index contributed by atoms with van der Waals surface area (Å²) in [6, 6.07) is 8.24. The van der Waals surface area contributed by atoms with Crippen LogP contribution in [0.25, 0.3) is 0 Å². The molecule has 1 N–H and O–H groups in total. The Morgan fingerprint density at radius 1 is 1.30 bits per heavy atom. The molecule has 2 fully saturated rings. The van der Waals surface area contributed by atoms with Crippen LogP contribution in [0.4, 0.5) is 5.69 Å². The van der Waals surface area contributed by atoms with Crippen molar-refractivity contribution in [3.63, 3.8) is 0 Å². The largest absolute Gasteiger partial charge is 0.370 e. The third-order valence-corrected chi connectivity index (χ3v) is 7.62. The molecule has 2 heterocycles. The van der Waals surface area contributed by atoms with Crippen LogP contribution in [0.2, 0.25) is 0 Å². The van der Waals surface area contributed by atoms with Gasteiger partial charge in [-0.25, -0.2) is 8.42 Å². The predicted octanol–water partition coefficient (Wildman–Crippen LogP) is 1.30. The number of hydrogen-bond donors (Lipinski definition) is 1. The van der Waals surface area contributed by atoms with Gasteiger partial charge in [0.25, 0.3) is 0 Å². The minimum absolute atomic E-state index is 0.0280. The third kappa shape index (κ3) is 2.43. The van der Waals surface area contributed by atoms with Crippen molar-refractivity contribution in [2.24, 2.45) is 5.41 Å². The number of rotatable bonds is 3. The third-order valence-electron chi connectivity index (χ3n) is 5.51. The summed E-state index contributed by atoms with van der Waals surface area (Å²) in [5.74, 6) is 0.577. The molecular weight excluding hydrogens is 312 g/mol. The molecule has 0 radical (unpaired) electrons. The number of carbonyl (C=O) groups excluding carboxylic acids is 1. The van der Waals surface area contributed by atoms with Crippen molar-refractivity contribution in [2.45, 2.75) is 31.7 Å². The van der Waals surface area contributed by atoms with Crippen molar-refractivity contribution in [3.8, 4) is 0 Å². The van der Waals surface area contributed by atoms with E-state index in [2.05, 4.69) is 23.2 Å². The molecule has 1 atom stereocenters. The summed E-state index contributed by atoms with van der Waals surface area (Å²) in [6.07, 6.45) is 1.62. The SMILES string of the molecule is CCN1CC(C(=O)NC2CC3(C2)CS(=O)(=O)C3)c2ccccc21. The first kappa shape index (κ1) is 15.0. The van der Waals surface area contributed by atoms with Crippen LogP contribution in [0.15, 0.2) is 24.3 Å². The first-order chi connectivity index (χ1) is 10.9. The second-order valence-electron chi connectivity index (χ2n) is 7.30. The van der Waals surface area contributed by atoms with E-state index >= 15 is 0 Å². The van der Waals surface area contributed by atoms with E-state index in [4.69, 9.17) is 0 Å². The molecule has 0 aromatic heterocycles. The van der Waals surface area contributed by atoms with Crippen molar-refractivity contribution < 1.29 is 13.2 Å². The van der Waals surface area contributed by atoms with Gasteiger partial charge in [-0.15, -0.1) is 0 Å². The van der Waals surface area contributed by atoms with Crippen LogP contribution in [0.1, 0.15) is 31.2 Å². The van der Waals surface area contributed by atoms with Crippen molar-refractivity contribution in [3.05, 3.63) is 29.8 Å². The number of amides is 1. The second-order valence-corrected chi connectivity index (χ2v) is 9.36. The van der Waals surface area contributed by atoms with Gasteiger partial charge in [0.1, 0.15) is 0 Å². The predicted molar refractivity (Wildman–Crippen MR) is 89.3 cm³/mol. The summed E-state index contributed by atoms with van der Waals surface area (Å²) in [7, 11) is -2.79. The Balaban J connectivity index is 1.40. The number of nitrogens with zero attached hydrogens (tertiary/aromatic N) is 1. The first-order valence-corrected chi connectivity index (χ1v) is 10.1. The number of nitrogens with one attached hydrogen (secondary N) is 1. The lowest BCUT2D eigenvalue weighted by Crippen LogP contribution is -2.62. The number of likely N-dealkylation sites (N-methyl/N-ethyl adjacent to an activating group) is 1. The molecule has 1 aliphatic carbocycles. The van der Waals surface area contributed by atoms with Gasteiger partial charge in [-0.3, -0.25) is 4.79 Å². The Bertz CT molecular complexity index is 739. The highest BCUT2D eigenvalue weighted by Crippen LogP contribution is 2.50. The molecule has 4 rings (SSSR count). The maximum atomic E-state index is 12.7. The monoisotopic (exact) mass is 334 g/mol. The van der Waals surface area contributed by atoms with Crippen molar-refractivity contribution in [1.82, 2.24) is 5.32 Å². The molecule has 1 spiro atoms. The minimum Gasteiger partial charge on any atom is -0.370 e. The maximum absolute atomic E-state index is 12.7. The van der Waals surface area contributed by atoms with Crippen LogP contribution in [-0.4, -0.2) is 45.0 Å². The summed E-state index contributed by atoms with van der Waals surface area (Å²) in [4.78, 5) is 14.9.